The number of aromatic nitrogens is 1. The molecule has 0 bridgehead atoms. The van der Waals surface area contributed by atoms with Gasteiger partial charge in [0.2, 0.25) is 0 Å². The zero-order chi connectivity index (χ0) is 15.2. The summed E-state index contributed by atoms with van der Waals surface area (Å²) in [6.45, 7) is 2.85. The number of aromatic amines is 1. The summed E-state index contributed by atoms with van der Waals surface area (Å²) in [6.07, 6.45) is 2.93. The maximum Gasteiger partial charge on any atom is 0.259 e. The first-order chi connectivity index (χ1) is 10.1. The molecule has 1 aromatic carbocycles. The van der Waals surface area contributed by atoms with Crippen LogP contribution in [0.25, 0.3) is 0 Å². The van der Waals surface area contributed by atoms with Crippen molar-refractivity contribution in [1.82, 2.24) is 9.88 Å². The molecule has 0 spiro atoms. The molecule has 1 N–H and O–H groups in total. The van der Waals surface area contributed by atoms with Gasteiger partial charge in [0.1, 0.15) is 11.3 Å². The zero-order valence-corrected chi connectivity index (χ0v) is 12.1. The van der Waals surface area contributed by atoms with Gasteiger partial charge in [0.15, 0.2) is 5.43 Å². The maximum atomic E-state index is 12.3. The largest absolute Gasteiger partial charge is 0.494 e. The molecular weight excluding hydrogens is 268 g/mol. The number of ether oxygens (including phenoxy) is 1. The normalized spacial score (nSPS) is 10.2. The Morgan fingerprint density at radius 1 is 1.29 bits per heavy atom. The lowest BCUT2D eigenvalue weighted by molar-refractivity contribution is 0.0782. The van der Waals surface area contributed by atoms with Crippen LogP contribution in [0.15, 0.2) is 47.5 Å². The predicted octanol–water partition coefficient (Wildman–Crippen LogP) is 2.05. The number of carbonyl (C=O) groups is 1. The van der Waals surface area contributed by atoms with Gasteiger partial charge in [-0.2, -0.15) is 0 Å². The van der Waals surface area contributed by atoms with E-state index < -0.39 is 0 Å². The number of amides is 1. The maximum absolute atomic E-state index is 12.3. The molecule has 21 heavy (non-hydrogen) atoms. The number of benzene rings is 1. The Balaban J connectivity index is 2.19. The molecule has 2 aromatic rings. The van der Waals surface area contributed by atoms with E-state index in [9.17, 15) is 9.59 Å². The minimum Gasteiger partial charge on any atom is -0.494 e. The van der Waals surface area contributed by atoms with E-state index in [1.54, 1.807) is 7.05 Å². The lowest BCUT2D eigenvalue weighted by Crippen LogP contribution is -2.30. The fourth-order valence-electron chi connectivity index (χ4n) is 2.05. The zero-order valence-electron chi connectivity index (χ0n) is 12.1. The molecule has 1 aromatic heterocycles. The van der Waals surface area contributed by atoms with Crippen LogP contribution >= 0.6 is 0 Å². The summed E-state index contributed by atoms with van der Waals surface area (Å²) in [5, 5.41) is 0. The Hall–Kier alpha value is -2.56. The highest BCUT2D eigenvalue weighted by Crippen LogP contribution is 2.19. The van der Waals surface area contributed by atoms with Gasteiger partial charge in [-0.15, -0.1) is 0 Å². The Kier molecular flexibility index (Phi) is 4.77. The van der Waals surface area contributed by atoms with Crippen LogP contribution in [0.3, 0.4) is 0 Å². The molecular formula is C16H18N2O3. The van der Waals surface area contributed by atoms with E-state index in [1.165, 1.54) is 23.4 Å². The van der Waals surface area contributed by atoms with Crippen molar-refractivity contribution in [3.8, 4) is 5.75 Å². The minimum absolute atomic E-state index is 0.133. The first kappa shape index (κ1) is 14.8. The molecule has 0 unspecified atom stereocenters. The van der Waals surface area contributed by atoms with E-state index in [-0.39, 0.29) is 16.9 Å². The van der Waals surface area contributed by atoms with E-state index in [0.29, 0.717) is 13.2 Å². The fourth-order valence-corrected chi connectivity index (χ4v) is 2.05. The molecule has 0 aliphatic heterocycles. The van der Waals surface area contributed by atoms with Crippen LogP contribution in [0.2, 0.25) is 0 Å². The van der Waals surface area contributed by atoms with Crippen LogP contribution in [-0.4, -0.2) is 29.4 Å². The Labute approximate surface area is 123 Å². The number of rotatable bonds is 5. The summed E-state index contributed by atoms with van der Waals surface area (Å²) >= 11 is 0. The fraction of sp³-hybridized carbons (Fsp3) is 0.250. The summed E-state index contributed by atoms with van der Waals surface area (Å²) in [5.41, 5.74) is 0.750. The second-order valence-corrected chi connectivity index (χ2v) is 4.62. The average molecular weight is 286 g/mol. The van der Waals surface area contributed by atoms with E-state index in [1.807, 2.05) is 31.2 Å². The summed E-state index contributed by atoms with van der Waals surface area (Å²) in [5.74, 6) is 0.435. The first-order valence-corrected chi connectivity index (χ1v) is 6.76. The van der Waals surface area contributed by atoms with Gasteiger partial charge in [-0.05, 0) is 13.0 Å². The summed E-state index contributed by atoms with van der Waals surface area (Å²) in [7, 11) is 1.66. The third-order valence-corrected chi connectivity index (χ3v) is 3.08. The average Bonchev–Trinajstić information content (AvgIpc) is 2.49. The van der Waals surface area contributed by atoms with Crippen LogP contribution in [0.1, 0.15) is 22.8 Å². The Morgan fingerprint density at radius 2 is 2.05 bits per heavy atom. The van der Waals surface area contributed by atoms with E-state index in [0.717, 1.165) is 11.3 Å². The van der Waals surface area contributed by atoms with Crippen LogP contribution < -0.4 is 10.2 Å². The third kappa shape index (κ3) is 3.51. The smallest absolute Gasteiger partial charge is 0.259 e. The molecule has 0 aliphatic carbocycles. The highest BCUT2D eigenvalue weighted by Gasteiger charge is 2.16. The Morgan fingerprint density at radius 3 is 2.76 bits per heavy atom. The number of hydrogen-bond acceptors (Lipinski definition) is 3. The number of nitrogens with one attached hydrogen (secondary N) is 1. The molecule has 0 saturated heterocycles. The van der Waals surface area contributed by atoms with Crippen molar-refractivity contribution < 1.29 is 9.53 Å². The van der Waals surface area contributed by atoms with Gasteiger partial charge < -0.3 is 14.6 Å². The monoisotopic (exact) mass is 286 g/mol. The van der Waals surface area contributed by atoms with Crippen molar-refractivity contribution in [2.75, 3.05) is 13.7 Å². The second kappa shape index (κ2) is 6.74. The van der Waals surface area contributed by atoms with Crippen LogP contribution in [0.5, 0.6) is 5.75 Å². The van der Waals surface area contributed by atoms with Gasteiger partial charge in [-0.25, -0.2) is 0 Å². The molecule has 0 aliphatic rings. The standard InChI is InChI=1S/C16H18N2O3/c1-3-21-15-7-5-4-6-12(15)11-18(2)16(20)13-10-17-9-8-14(13)19/h4-10H,3,11H2,1-2H3,(H,17,19). The number of hydrogen-bond donors (Lipinski definition) is 1. The lowest BCUT2D eigenvalue weighted by Gasteiger charge is -2.19. The molecule has 5 heteroatoms. The second-order valence-electron chi connectivity index (χ2n) is 4.62. The Bertz CT molecular complexity index is 679. The van der Waals surface area contributed by atoms with Crippen molar-refractivity contribution in [3.05, 3.63) is 64.1 Å². The van der Waals surface area contributed by atoms with E-state index >= 15 is 0 Å². The number of para-hydroxylation sites is 1. The first-order valence-electron chi connectivity index (χ1n) is 6.76. The quantitative estimate of drug-likeness (QED) is 0.915. The van der Waals surface area contributed by atoms with Gasteiger partial charge in [0.05, 0.1) is 6.61 Å². The topological polar surface area (TPSA) is 62.4 Å². The lowest BCUT2D eigenvalue weighted by atomic mass is 10.1. The SMILES string of the molecule is CCOc1ccccc1CN(C)C(=O)c1c[nH]ccc1=O. The third-order valence-electron chi connectivity index (χ3n) is 3.08. The summed E-state index contributed by atoms with van der Waals surface area (Å²) in [6, 6.07) is 8.90. The van der Waals surface area contributed by atoms with Gasteiger partial charge in [0, 0.05) is 37.6 Å². The summed E-state index contributed by atoms with van der Waals surface area (Å²) < 4.78 is 5.54. The minimum atomic E-state index is -0.317. The van der Waals surface area contributed by atoms with Gasteiger partial charge >= 0.3 is 0 Å². The molecule has 5 nitrogen and oxygen atoms in total. The molecule has 0 saturated carbocycles. The highest BCUT2D eigenvalue weighted by atomic mass is 16.5. The van der Waals surface area contributed by atoms with Gasteiger partial charge in [-0.1, -0.05) is 18.2 Å². The highest BCUT2D eigenvalue weighted by molar-refractivity contribution is 5.93. The molecule has 0 fully saturated rings. The predicted molar refractivity (Wildman–Crippen MR) is 80.5 cm³/mol. The molecule has 110 valence electrons. The van der Waals surface area contributed by atoms with Crippen LogP contribution in [0.4, 0.5) is 0 Å². The summed E-state index contributed by atoms with van der Waals surface area (Å²) in [4.78, 5) is 28.3. The van der Waals surface area contributed by atoms with Crippen molar-refractivity contribution in [2.45, 2.75) is 13.5 Å². The van der Waals surface area contributed by atoms with Crippen molar-refractivity contribution >= 4 is 5.91 Å². The molecule has 0 radical (unpaired) electrons. The van der Waals surface area contributed by atoms with Gasteiger partial charge in [-0.3, -0.25) is 9.59 Å². The van der Waals surface area contributed by atoms with Crippen molar-refractivity contribution in [1.29, 1.82) is 0 Å². The molecule has 2 rings (SSSR count). The number of nitrogens with zero attached hydrogens (tertiary/aromatic N) is 1. The van der Waals surface area contributed by atoms with Crippen molar-refractivity contribution in [2.24, 2.45) is 0 Å². The molecule has 1 heterocycles. The van der Waals surface area contributed by atoms with E-state index in [2.05, 4.69) is 4.98 Å². The van der Waals surface area contributed by atoms with Crippen molar-refractivity contribution in [3.63, 3.8) is 0 Å². The van der Waals surface area contributed by atoms with Gasteiger partial charge in [0.25, 0.3) is 5.91 Å². The van der Waals surface area contributed by atoms with E-state index in [4.69, 9.17) is 4.74 Å². The van der Waals surface area contributed by atoms with Crippen LogP contribution in [-0.2, 0) is 6.54 Å². The van der Waals surface area contributed by atoms with Crippen LogP contribution in [0, 0.1) is 0 Å². The molecule has 1 amide bonds. The molecule has 0 atom stereocenters. The number of H-pyrrole nitrogens is 1. The number of pyridine rings is 1. The number of carbonyl (C=O) groups excluding carboxylic acids is 1.